The standard InChI is InChI=1S/C27H33F2N3O5S/c1-14-9-20-24(18-8-7-16(30)10-21(18)37-27(3,4)5)19(12-23(33)34)15(2)25-26(20)31(14)13-17(11-22(28)29)32(25)38(6,35)36/h7-10,17,22H,11-13,30H2,1-6H3,(H,33,34). The molecule has 1 unspecified atom stereocenters. The number of nitrogen functional groups attached to an aromatic ring is 1. The maximum atomic E-state index is 13.6. The Morgan fingerprint density at radius 1 is 1.24 bits per heavy atom. The van der Waals surface area contributed by atoms with Crippen LogP contribution in [0.1, 0.15) is 44.0 Å². The summed E-state index contributed by atoms with van der Waals surface area (Å²) in [5.41, 5.74) is 9.47. The SMILES string of the molecule is Cc1c(CC(=O)O)c(-c2ccc(N)cc2OC(C)(C)C)c2cc(C)n3c2c1N(S(C)(=O)=O)C(CC(F)F)C3. The summed E-state index contributed by atoms with van der Waals surface area (Å²) in [7, 11) is -3.99. The molecule has 2 heterocycles. The number of sulfonamides is 1. The van der Waals surface area contributed by atoms with Crippen LogP contribution in [0.5, 0.6) is 5.75 Å². The first-order valence-corrected chi connectivity index (χ1v) is 14.1. The third kappa shape index (κ3) is 5.03. The second kappa shape index (κ2) is 9.44. The van der Waals surface area contributed by atoms with Crippen molar-refractivity contribution in [1.29, 1.82) is 0 Å². The van der Waals surface area contributed by atoms with Crippen LogP contribution in [0.2, 0.25) is 0 Å². The van der Waals surface area contributed by atoms with Crippen LogP contribution in [-0.4, -0.2) is 48.4 Å². The largest absolute Gasteiger partial charge is 0.487 e. The van der Waals surface area contributed by atoms with Crippen LogP contribution >= 0.6 is 0 Å². The van der Waals surface area contributed by atoms with Crippen LogP contribution in [0.3, 0.4) is 0 Å². The molecule has 3 N–H and O–H groups in total. The van der Waals surface area contributed by atoms with Crippen molar-refractivity contribution in [2.45, 2.75) is 72.1 Å². The Hall–Kier alpha value is -3.34. The first-order chi connectivity index (χ1) is 17.5. The zero-order chi connectivity index (χ0) is 28.3. The lowest BCUT2D eigenvalue weighted by Gasteiger charge is -2.39. The fraction of sp³-hybridized carbons (Fsp3) is 0.444. The zero-order valence-electron chi connectivity index (χ0n) is 22.3. The number of ether oxygens (including phenoxy) is 1. The Morgan fingerprint density at radius 3 is 2.45 bits per heavy atom. The molecule has 38 heavy (non-hydrogen) atoms. The number of aromatic nitrogens is 1. The van der Waals surface area contributed by atoms with E-state index in [1.165, 1.54) is 0 Å². The highest BCUT2D eigenvalue weighted by Crippen LogP contribution is 2.49. The first-order valence-electron chi connectivity index (χ1n) is 12.2. The summed E-state index contributed by atoms with van der Waals surface area (Å²) in [4.78, 5) is 12.1. The van der Waals surface area contributed by atoms with E-state index in [4.69, 9.17) is 10.5 Å². The van der Waals surface area contributed by atoms with E-state index in [-0.39, 0.29) is 12.2 Å². The van der Waals surface area contributed by atoms with E-state index < -0.39 is 46.9 Å². The second-order valence-corrected chi connectivity index (χ2v) is 12.7. The molecule has 8 nitrogen and oxygen atoms in total. The number of aryl methyl sites for hydroxylation is 1. The predicted molar refractivity (Wildman–Crippen MR) is 145 cm³/mol. The van der Waals surface area contributed by atoms with Crippen molar-refractivity contribution in [2.75, 3.05) is 16.3 Å². The summed E-state index contributed by atoms with van der Waals surface area (Å²) in [5.74, 6) is -0.660. The summed E-state index contributed by atoms with van der Waals surface area (Å²) < 4.78 is 62.4. The highest BCUT2D eigenvalue weighted by molar-refractivity contribution is 7.92. The molecule has 4 rings (SSSR count). The number of nitrogens with two attached hydrogens (primary N) is 1. The molecule has 3 aromatic rings. The molecule has 206 valence electrons. The van der Waals surface area contributed by atoms with Gasteiger partial charge in [-0.2, -0.15) is 0 Å². The number of aliphatic carboxylic acids is 1. The van der Waals surface area contributed by atoms with Crippen molar-refractivity contribution >= 4 is 38.3 Å². The average Bonchev–Trinajstić information content (AvgIpc) is 3.06. The van der Waals surface area contributed by atoms with Gasteiger partial charge in [0.25, 0.3) is 0 Å². The van der Waals surface area contributed by atoms with Gasteiger partial charge in [0.05, 0.1) is 29.9 Å². The van der Waals surface area contributed by atoms with Crippen LogP contribution < -0.4 is 14.8 Å². The van der Waals surface area contributed by atoms with Crippen LogP contribution in [0.25, 0.3) is 22.0 Å². The summed E-state index contributed by atoms with van der Waals surface area (Å²) in [6, 6.07) is 5.97. The molecule has 0 aliphatic carbocycles. The van der Waals surface area contributed by atoms with Crippen LogP contribution in [-0.2, 0) is 27.8 Å². The van der Waals surface area contributed by atoms with Gasteiger partial charge >= 0.3 is 5.97 Å². The van der Waals surface area contributed by atoms with Crippen molar-refractivity contribution in [3.8, 4) is 16.9 Å². The van der Waals surface area contributed by atoms with Crippen LogP contribution in [0.15, 0.2) is 24.3 Å². The Balaban J connectivity index is 2.17. The van der Waals surface area contributed by atoms with Gasteiger partial charge in [-0.05, 0) is 69.5 Å². The van der Waals surface area contributed by atoms with E-state index in [9.17, 15) is 27.1 Å². The van der Waals surface area contributed by atoms with Gasteiger partial charge in [0, 0.05) is 41.4 Å². The van der Waals surface area contributed by atoms with Crippen molar-refractivity contribution in [1.82, 2.24) is 4.57 Å². The van der Waals surface area contributed by atoms with E-state index in [0.717, 1.165) is 16.3 Å². The van der Waals surface area contributed by atoms with Crippen molar-refractivity contribution in [3.05, 3.63) is 41.1 Å². The number of halogens is 2. The number of carboxylic acids is 1. The quantitative estimate of drug-likeness (QED) is 0.396. The van der Waals surface area contributed by atoms with E-state index in [2.05, 4.69) is 0 Å². The molecule has 1 aliphatic rings. The molecule has 1 aromatic heterocycles. The summed E-state index contributed by atoms with van der Waals surface area (Å²) in [6.45, 7) is 9.17. The van der Waals surface area contributed by atoms with E-state index in [1.54, 1.807) is 25.1 Å². The molecule has 0 spiro atoms. The van der Waals surface area contributed by atoms with Gasteiger partial charge < -0.3 is 20.1 Å². The summed E-state index contributed by atoms with van der Waals surface area (Å²) >= 11 is 0. The zero-order valence-corrected chi connectivity index (χ0v) is 23.1. The van der Waals surface area contributed by atoms with Gasteiger partial charge in [0.1, 0.15) is 11.4 Å². The number of hydrogen-bond donors (Lipinski definition) is 2. The van der Waals surface area contributed by atoms with Crippen molar-refractivity contribution in [3.63, 3.8) is 0 Å². The predicted octanol–water partition coefficient (Wildman–Crippen LogP) is 5.12. The third-order valence-corrected chi connectivity index (χ3v) is 7.87. The molecule has 0 fully saturated rings. The maximum absolute atomic E-state index is 13.6. The Labute approximate surface area is 221 Å². The van der Waals surface area contributed by atoms with Gasteiger partial charge in [-0.15, -0.1) is 0 Å². The molecular weight excluding hydrogens is 516 g/mol. The molecule has 0 saturated heterocycles. The lowest BCUT2D eigenvalue weighted by Crippen LogP contribution is -2.46. The van der Waals surface area contributed by atoms with Crippen molar-refractivity contribution in [2.24, 2.45) is 0 Å². The monoisotopic (exact) mass is 549 g/mol. The molecule has 1 atom stereocenters. The number of carboxylic acid groups (broad SMARTS) is 1. The minimum Gasteiger partial charge on any atom is -0.487 e. The lowest BCUT2D eigenvalue weighted by atomic mass is 9.88. The van der Waals surface area contributed by atoms with Gasteiger partial charge in [0.15, 0.2) is 0 Å². The number of nitrogens with zero attached hydrogens (tertiary/aromatic N) is 2. The molecular formula is C27H33F2N3O5S. The Morgan fingerprint density at radius 2 is 1.89 bits per heavy atom. The smallest absolute Gasteiger partial charge is 0.307 e. The number of alkyl halides is 2. The van der Waals surface area contributed by atoms with Gasteiger partial charge in [-0.25, -0.2) is 17.2 Å². The molecule has 0 bridgehead atoms. The molecule has 2 aromatic carbocycles. The number of benzene rings is 2. The van der Waals surface area contributed by atoms with Gasteiger partial charge in [0.2, 0.25) is 16.4 Å². The number of anilines is 2. The fourth-order valence-corrected chi connectivity index (χ4v) is 6.67. The first kappa shape index (κ1) is 27.7. The fourth-order valence-electron chi connectivity index (χ4n) is 5.42. The Bertz CT molecular complexity index is 1540. The normalized spacial score (nSPS) is 15.9. The number of hydrogen-bond acceptors (Lipinski definition) is 5. The topological polar surface area (TPSA) is 115 Å². The van der Waals surface area contributed by atoms with Crippen LogP contribution in [0, 0.1) is 13.8 Å². The van der Waals surface area contributed by atoms with Gasteiger partial charge in [-0.3, -0.25) is 9.10 Å². The number of rotatable bonds is 7. The molecule has 11 heteroatoms. The third-order valence-electron chi connectivity index (χ3n) is 6.68. The lowest BCUT2D eigenvalue weighted by molar-refractivity contribution is -0.136. The van der Waals surface area contributed by atoms with E-state index in [1.807, 2.05) is 38.3 Å². The highest BCUT2D eigenvalue weighted by atomic mass is 32.2. The summed E-state index contributed by atoms with van der Waals surface area (Å²) in [5, 5.41) is 10.5. The van der Waals surface area contributed by atoms with Gasteiger partial charge in [-0.1, -0.05) is 0 Å². The maximum Gasteiger partial charge on any atom is 0.307 e. The molecule has 1 aliphatic heterocycles. The molecule has 0 saturated carbocycles. The highest BCUT2D eigenvalue weighted by Gasteiger charge is 2.39. The molecule has 0 radical (unpaired) electrons. The minimum absolute atomic E-state index is 0.0456. The second-order valence-electron chi connectivity index (χ2n) is 10.9. The minimum atomic E-state index is -3.99. The average molecular weight is 550 g/mol. The Kier molecular flexibility index (Phi) is 6.88. The van der Waals surface area contributed by atoms with E-state index >= 15 is 0 Å². The molecule has 0 amide bonds. The summed E-state index contributed by atoms with van der Waals surface area (Å²) in [6.07, 6.45) is -2.79. The van der Waals surface area contributed by atoms with Crippen molar-refractivity contribution < 1.29 is 31.8 Å². The van der Waals surface area contributed by atoms with E-state index in [0.29, 0.717) is 44.6 Å². The van der Waals surface area contributed by atoms with Crippen LogP contribution in [0.4, 0.5) is 20.2 Å². The number of carbonyl (C=O) groups is 1.